The second kappa shape index (κ2) is 9.41. The fourth-order valence-corrected chi connectivity index (χ4v) is 3.42. The first-order valence-corrected chi connectivity index (χ1v) is 10.4. The Labute approximate surface area is 160 Å². The van der Waals surface area contributed by atoms with E-state index in [1.54, 1.807) is 30.3 Å². The summed E-state index contributed by atoms with van der Waals surface area (Å²) in [5.41, 5.74) is 0.700. The molecule has 146 valence electrons. The van der Waals surface area contributed by atoms with Crippen LogP contribution < -0.4 is 14.2 Å². The number of ether oxygens (including phenoxy) is 2. The van der Waals surface area contributed by atoms with Crippen molar-refractivity contribution in [2.24, 2.45) is 0 Å². The van der Waals surface area contributed by atoms with Crippen molar-refractivity contribution in [1.29, 1.82) is 0 Å². The monoisotopic (exact) mass is 391 g/mol. The first kappa shape index (κ1) is 20.8. The van der Waals surface area contributed by atoms with Crippen LogP contribution in [0.15, 0.2) is 47.4 Å². The number of hydrogen-bond acceptors (Lipinski definition) is 5. The van der Waals surface area contributed by atoms with Gasteiger partial charge in [0, 0.05) is 11.6 Å². The van der Waals surface area contributed by atoms with Gasteiger partial charge in [-0.05, 0) is 44.0 Å². The summed E-state index contributed by atoms with van der Waals surface area (Å²) >= 11 is 0. The largest absolute Gasteiger partial charge is 0.490 e. The van der Waals surface area contributed by atoms with Crippen LogP contribution in [-0.4, -0.2) is 27.4 Å². The van der Waals surface area contributed by atoms with E-state index in [0.29, 0.717) is 36.0 Å². The van der Waals surface area contributed by atoms with E-state index in [-0.39, 0.29) is 10.7 Å². The molecule has 0 heterocycles. The Kier molecular flexibility index (Phi) is 7.24. The van der Waals surface area contributed by atoms with Gasteiger partial charge in [-0.2, -0.15) is 0 Å². The number of sulfonamides is 1. The molecule has 0 fully saturated rings. The Hall–Kier alpha value is -2.54. The number of rotatable bonds is 10. The minimum Gasteiger partial charge on any atom is -0.490 e. The summed E-state index contributed by atoms with van der Waals surface area (Å²) in [7, 11) is -3.84. The van der Waals surface area contributed by atoms with Crippen molar-refractivity contribution in [3.8, 4) is 11.5 Å². The second-order valence-electron chi connectivity index (χ2n) is 6.05. The predicted molar refractivity (Wildman–Crippen MR) is 105 cm³/mol. The molecule has 0 saturated carbocycles. The molecule has 1 N–H and O–H groups in total. The molecule has 0 amide bonds. The van der Waals surface area contributed by atoms with Gasteiger partial charge in [0.2, 0.25) is 0 Å². The Balaban J connectivity index is 2.29. The van der Waals surface area contributed by atoms with Crippen LogP contribution in [0.2, 0.25) is 0 Å². The molecule has 27 heavy (non-hydrogen) atoms. The summed E-state index contributed by atoms with van der Waals surface area (Å²) in [6, 6.07) is 10.8. The van der Waals surface area contributed by atoms with Gasteiger partial charge in [0.15, 0.2) is 17.3 Å². The number of carbonyl (C=O) groups excluding carboxylic acids is 1. The van der Waals surface area contributed by atoms with Crippen LogP contribution in [0.4, 0.5) is 5.69 Å². The van der Waals surface area contributed by atoms with Crippen molar-refractivity contribution in [3.63, 3.8) is 0 Å². The van der Waals surface area contributed by atoms with Gasteiger partial charge in [0.05, 0.1) is 23.8 Å². The first-order valence-electron chi connectivity index (χ1n) is 8.90. The lowest BCUT2D eigenvalue weighted by Gasteiger charge is -2.15. The number of carbonyl (C=O) groups is 1. The van der Waals surface area contributed by atoms with E-state index >= 15 is 0 Å². The lowest BCUT2D eigenvalue weighted by molar-refractivity contribution is 0.101. The van der Waals surface area contributed by atoms with Crippen LogP contribution in [0.25, 0.3) is 0 Å². The Bertz CT molecular complexity index is 893. The molecule has 0 atom stereocenters. The number of hydrogen-bond donors (Lipinski definition) is 1. The average molecular weight is 391 g/mol. The highest BCUT2D eigenvalue weighted by atomic mass is 32.2. The number of anilines is 1. The maximum absolute atomic E-state index is 12.7. The maximum atomic E-state index is 12.7. The Morgan fingerprint density at radius 1 is 0.963 bits per heavy atom. The van der Waals surface area contributed by atoms with Gasteiger partial charge in [-0.3, -0.25) is 9.52 Å². The van der Waals surface area contributed by atoms with E-state index in [1.165, 1.54) is 19.1 Å². The summed E-state index contributed by atoms with van der Waals surface area (Å²) < 4.78 is 39.2. The summed E-state index contributed by atoms with van der Waals surface area (Å²) in [5, 5.41) is 0. The van der Waals surface area contributed by atoms with Crippen LogP contribution in [0, 0.1) is 0 Å². The molecule has 0 aromatic heterocycles. The molecule has 0 bridgehead atoms. The minimum absolute atomic E-state index is 0.0255. The van der Waals surface area contributed by atoms with Crippen molar-refractivity contribution >= 4 is 21.5 Å². The Morgan fingerprint density at radius 3 is 2.26 bits per heavy atom. The zero-order valence-electron chi connectivity index (χ0n) is 15.8. The first-order chi connectivity index (χ1) is 12.9. The third-order valence-corrected chi connectivity index (χ3v) is 5.05. The molecule has 2 rings (SSSR count). The molecule has 0 spiro atoms. The second-order valence-corrected chi connectivity index (χ2v) is 7.73. The molecule has 2 aromatic rings. The SMILES string of the molecule is CCCOc1ccc(NS(=O)(=O)c2cccc(C(C)=O)c2)cc1OCCC. The third kappa shape index (κ3) is 5.72. The predicted octanol–water partition coefficient (Wildman–Crippen LogP) is 4.27. The standard InChI is InChI=1S/C20H25NO5S/c1-4-11-25-19-10-9-17(14-20(19)26-12-5-2)21-27(23,24)18-8-6-7-16(13-18)15(3)22/h6-10,13-14,21H,4-5,11-12H2,1-3H3. The molecule has 0 aliphatic heterocycles. The van der Waals surface area contributed by atoms with Crippen molar-refractivity contribution < 1.29 is 22.7 Å². The lowest BCUT2D eigenvalue weighted by atomic mass is 10.2. The van der Waals surface area contributed by atoms with Crippen molar-refractivity contribution in [1.82, 2.24) is 0 Å². The zero-order valence-corrected chi connectivity index (χ0v) is 16.6. The van der Waals surface area contributed by atoms with Gasteiger partial charge in [0.25, 0.3) is 10.0 Å². The van der Waals surface area contributed by atoms with E-state index in [9.17, 15) is 13.2 Å². The average Bonchev–Trinajstić information content (AvgIpc) is 2.65. The molecule has 0 aliphatic rings. The third-order valence-electron chi connectivity index (χ3n) is 3.67. The number of benzene rings is 2. The molecule has 0 radical (unpaired) electrons. The van der Waals surface area contributed by atoms with Crippen molar-refractivity contribution in [3.05, 3.63) is 48.0 Å². The van der Waals surface area contributed by atoms with Crippen LogP contribution in [-0.2, 0) is 10.0 Å². The summed E-state index contributed by atoms with van der Waals surface area (Å²) in [4.78, 5) is 11.5. The van der Waals surface area contributed by atoms with E-state index in [0.717, 1.165) is 12.8 Å². The van der Waals surface area contributed by atoms with Gasteiger partial charge >= 0.3 is 0 Å². The molecule has 7 heteroatoms. The summed E-state index contributed by atoms with van der Waals surface area (Å²) in [6.07, 6.45) is 1.68. The van der Waals surface area contributed by atoms with Crippen LogP contribution in [0.1, 0.15) is 44.0 Å². The molecule has 2 aromatic carbocycles. The van der Waals surface area contributed by atoms with Crippen LogP contribution in [0.3, 0.4) is 0 Å². The lowest BCUT2D eigenvalue weighted by Crippen LogP contribution is -2.14. The molecular formula is C20H25NO5S. The van der Waals surface area contributed by atoms with E-state index in [2.05, 4.69) is 4.72 Å². The highest BCUT2D eigenvalue weighted by Gasteiger charge is 2.17. The smallest absolute Gasteiger partial charge is 0.261 e. The fourth-order valence-electron chi connectivity index (χ4n) is 2.32. The highest BCUT2D eigenvalue weighted by molar-refractivity contribution is 7.92. The summed E-state index contributed by atoms with van der Waals surface area (Å²) in [6.45, 7) is 6.43. The normalized spacial score (nSPS) is 11.1. The van der Waals surface area contributed by atoms with E-state index in [1.807, 2.05) is 13.8 Å². The highest BCUT2D eigenvalue weighted by Crippen LogP contribution is 2.32. The molecule has 0 saturated heterocycles. The van der Waals surface area contributed by atoms with Crippen molar-refractivity contribution in [2.45, 2.75) is 38.5 Å². The van der Waals surface area contributed by atoms with Gasteiger partial charge < -0.3 is 9.47 Å². The van der Waals surface area contributed by atoms with Gasteiger partial charge in [-0.25, -0.2) is 8.42 Å². The zero-order chi connectivity index (χ0) is 19.9. The van der Waals surface area contributed by atoms with Crippen molar-refractivity contribution in [2.75, 3.05) is 17.9 Å². The maximum Gasteiger partial charge on any atom is 0.261 e. The summed E-state index contributed by atoms with van der Waals surface area (Å²) in [5.74, 6) is 0.870. The number of nitrogens with one attached hydrogen (secondary N) is 1. The minimum atomic E-state index is -3.84. The molecule has 6 nitrogen and oxygen atoms in total. The number of Topliss-reactive ketones (excluding diaryl/α,β-unsaturated/α-hetero) is 1. The van der Waals surface area contributed by atoms with Gasteiger partial charge in [0.1, 0.15) is 0 Å². The van der Waals surface area contributed by atoms with Crippen LogP contribution in [0.5, 0.6) is 11.5 Å². The Morgan fingerprint density at radius 2 is 1.63 bits per heavy atom. The molecule has 0 unspecified atom stereocenters. The molecular weight excluding hydrogens is 366 g/mol. The topological polar surface area (TPSA) is 81.7 Å². The number of ketones is 1. The van der Waals surface area contributed by atoms with E-state index < -0.39 is 10.0 Å². The fraction of sp³-hybridized carbons (Fsp3) is 0.350. The van der Waals surface area contributed by atoms with E-state index in [4.69, 9.17) is 9.47 Å². The van der Waals surface area contributed by atoms with Gasteiger partial charge in [-0.1, -0.05) is 26.0 Å². The van der Waals surface area contributed by atoms with Gasteiger partial charge in [-0.15, -0.1) is 0 Å². The quantitative estimate of drug-likeness (QED) is 0.612. The van der Waals surface area contributed by atoms with Crippen LogP contribution >= 0.6 is 0 Å². The molecule has 0 aliphatic carbocycles.